The van der Waals surface area contributed by atoms with Crippen molar-refractivity contribution in [3.05, 3.63) is 35.4 Å². The molecule has 0 radical (unpaired) electrons. The van der Waals surface area contributed by atoms with Crippen molar-refractivity contribution in [2.45, 2.75) is 12.5 Å². The highest BCUT2D eigenvalue weighted by Gasteiger charge is 2.16. The maximum absolute atomic E-state index is 12.9. The van der Waals surface area contributed by atoms with Gasteiger partial charge in [0.15, 0.2) is 6.10 Å². The third kappa shape index (κ3) is 2.50. The number of benzene rings is 1. The van der Waals surface area contributed by atoms with Crippen LogP contribution in [-0.2, 0) is 11.2 Å². The number of rotatable bonds is 3. The molecule has 0 aliphatic heterocycles. The fourth-order valence-corrected chi connectivity index (χ4v) is 0.983. The molecule has 2 N–H and O–H groups in total. The van der Waals surface area contributed by atoms with E-state index in [4.69, 9.17) is 10.2 Å². The number of aliphatic hydroxyl groups is 1. The minimum atomic E-state index is -1.67. The normalized spacial score (nSPS) is 12.5. The number of aliphatic hydroxyl groups excluding tert-OH is 1. The lowest BCUT2D eigenvalue weighted by molar-refractivity contribution is -0.146. The molecule has 0 fully saturated rings. The topological polar surface area (TPSA) is 57.5 Å². The average molecular weight is 202 g/mol. The van der Waals surface area contributed by atoms with E-state index < -0.39 is 23.7 Å². The van der Waals surface area contributed by atoms with Gasteiger partial charge in [-0.3, -0.25) is 0 Å². The highest BCUT2D eigenvalue weighted by molar-refractivity contribution is 5.72. The van der Waals surface area contributed by atoms with Crippen LogP contribution in [0.3, 0.4) is 0 Å². The standard InChI is InChI=1S/C9H8F2O3/c10-6-2-1-5(7(11)4-6)3-8(12)9(13)14/h1-2,4,8,12H,3H2,(H,13,14). The van der Waals surface area contributed by atoms with Gasteiger partial charge in [0.25, 0.3) is 0 Å². The summed E-state index contributed by atoms with van der Waals surface area (Å²) in [6.45, 7) is 0. The summed E-state index contributed by atoms with van der Waals surface area (Å²) in [4.78, 5) is 10.2. The summed E-state index contributed by atoms with van der Waals surface area (Å²) >= 11 is 0. The van der Waals surface area contributed by atoms with Gasteiger partial charge in [0.1, 0.15) is 11.6 Å². The van der Waals surface area contributed by atoms with Crippen molar-refractivity contribution in [1.82, 2.24) is 0 Å². The van der Waals surface area contributed by atoms with Crippen molar-refractivity contribution < 1.29 is 23.8 Å². The van der Waals surface area contributed by atoms with Gasteiger partial charge < -0.3 is 10.2 Å². The summed E-state index contributed by atoms with van der Waals surface area (Å²) in [5.74, 6) is -3.03. The Hall–Kier alpha value is -1.49. The van der Waals surface area contributed by atoms with Gasteiger partial charge in [-0.2, -0.15) is 0 Å². The maximum Gasteiger partial charge on any atom is 0.332 e. The van der Waals surface area contributed by atoms with Crippen LogP contribution in [-0.4, -0.2) is 22.3 Å². The summed E-state index contributed by atoms with van der Waals surface area (Å²) in [7, 11) is 0. The number of carboxylic acids is 1. The molecule has 1 unspecified atom stereocenters. The Morgan fingerprint density at radius 1 is 1.43 bits per heavy atom. The lowest BCUT2D eigenvalue weighted by Gasteiger charge is -2.06. The Balaban J connectivity index is 2.82. The van der Waals surface area contributed by atoms with Gasteiger partial charge >= 0.3 is 5.97 Å². The van der Waals surface area contributed by atoms with E-state index in [1.165, 1.54) is 0 Å². The van der Waals surface area contributed by atoms with E-state index in [0.717, 1.165) is 12.1 Å². The number of carbonyl (C=O) groups is 1. The maximum atomic E-state index is 12.9. The van der Waals surface area contributed by atoms with E-state index >= 15 is 0 Å². The van der Waals surface area contributed by atoms with E-state index in [9.17, 15) is 13.6 Å². The number of hydrogen-bond acceptors (Lipinski definition) is 2. The largest absolute Gasteiger partial charge is 0.479 e. The summed E-state index contributed by atoms with van der Waals surface area (Å²) in [6, 6.07) is 2.76. The Labute approximate surface area is 78.6 Å². The summed E-state index contributed by atoms with van der Waals surface area (Å²) in [5, 5.41) is 17.3. The van der Waals surface area contributed by atoms with Gasteiger partial charge in [-0.25, -0.2) is 13.6 Å². The number of carboxylic acid groups (broad SMARTS) is 1. The molecular formula is C9H8F2O3. The van der Waals surface area contributed by atoms with Gasteiger partial charge in [-0.05, 0) is 11.6 Å². The van der Waals surface area contributed by atoms with Crippen LogP contribution in [0.5, 0.6) is 0 Å². The quantitative estimate of drug-likeness (QED) is 0.767. The van der Waals surface area contributed by atoms with Crippen molar-refractivity contribution in [1.29, 1.82) is 0 Å². The average Bonchev–Trinajstić information content (AvgIpc) is 2.09. The highest BCUT2D eigenvalue weighted by Crippen LogP contribution is 2.11. The predicted molar refractivity (Wildman–Crippen MR) is 43.7 cm³/mol. The molecule has 0 aliphatic rings. The molecule has 1 rings (SSSR count). The van der Waals surface area contributed by atoms with Crippen LogP contribution in [0.1, 0.15) is 5.56 Å². The smallest absolute Gasteiger partial charge is 0.332 e. The molecule has 0 aromatic heterocycles. The van der Waals surface area contributed by atoms with Crippen molar-refractivity contribution in [3.63, 3.8) is 0 Å². The first kappa shape index (κ1) is 10.6. The molecule has 0 amide bonds. The molecular weight excluding hydrogens is 194 g/mol. The van der Waals surface area contributed by atoms with Crippen molar-refractivity contribution >= 4 is 5.97 Å². The van der Waals surface area contributed by atoms with E-state index in [1.54, 1.807) is 0 Å². The monoisotopic (exact) mass is 202 g/mol. The molecule has 0 aliphatic carbocycles. The molecule has 3 nitrogen and oxygen atoms in total. The van der Waals surface area contributed by atoms with Crippen LogP contribution in [0.15, 0.2) is 18.2 Å². The van der Waals surface area contributed by atoms with Gasteiger partial charge in [0, 0.05) is 12.5 Å². The molecule has 5 heteroatoms. The first-order chi connectivity index (χ1) is 6.50. The summed E-state index contributed by atoms with van der Waals surface area (Å²) in [5.41, 5.74) is -0.0266. The Bertz CT molecular complexity index is 352. The predicted octanol–water partition coefficient (Wildman–Crippen LogP) is 0.953. The molecule has 0 saturated heterocycles. The molecule has 0 spiro atoms. The van der Waals surface area contributed by atoms with Crippen molar-refractivity contribution in [2.75, 3.05) is 0 Å². The lowest BCUT2D eigenvalue weighted by atomic mass is 10.1. The summed E-state index contributed by atoms with van der Waals surface area (Å²) in [6.07, 6.45) is -2.04. The van der Waals surface area contributed by atoms with Crippen LogP contribution in [0.4, 0.5) is 8.78 Å². The van der Waals surface area contributed by atoms with E-state index in [2.05, 4.69) is 0 Å². The van der Waals surface area contributed by atoms with E-state index in [1.807, 2.05) is 0 Å². The number of aliphatic carboxylic acids is 1. The number of hydrogen-bond donors (Lipinski definition) is 2. The molecule has 1 atom stereocenters. The summed E-state index contributed by atoms with van der Waals surface area (Å²) < 4.78 is 25.4. The fourth-order valence-electron chi connectivity index (χ4n) is 0.983. The zero-order valence-electron chi connectivity index (χ0n) is 7.08. The lowest BCUT2D eigenvalue weighted by Crippen LogP contribution is -2.22. The zero-order chi connectivity index (χ0) is 10.7. The van der Waals surface area contributed by atoms with Gasteiger partial charge in [0.2, 0.25) is 0 Å². The molecule has 1 aromatic carbocycles. The van der Waals surface area contributed by atoms with Crippen LogP contribution >= 0.6 is 0 Å². The molecule has 0 saturated carbocycles. The van der Waals surface area contributed by atoms with Gasteiger partial charge in [-0.1, -0.05) is 6.07 Å². The van der Waals surface area contributed by atoms with Gasteiger partial charge in [0.05, 0.1) is 0 Å². The SMILES string of the molecule is O=C(O)C(O)Cc1ccc(F)cc1F. The van der Waals surface area contributed by atoms with Gasteiger partial charge in [-0.15, -0.1) is 0 Å². The van der Waals surface area contributed by atoms with Crippen LogP contribution < -0.4 is 0 Å². The highest BCUT2D eigenvalue weighted by atomic mass is 19.1. The molecule has 0 bridgehead atoms. The van der Waals surface area contributed by atoms with E-state index in [0.29, 0.717) is 6.07 Å². The number of halogens is 2. The Kier molecular flexibility index (Phi) is 3.14. The molecule has 76 valence electrons. The Morgan fingerprint density at radius 2 is 2.07 bits per heavy atom. The van der Waals surface area contributed by atoms with Crippen molar-refractivity contribution in [2.24, 2.45) is 0 Å². The third-order valence-corrected chi connectivity index (χ3v) is 1.71. The molecule has 14 heavy (non-hydrogen) atoms. The molecule has 0 heterocycles. The first-order valence-corrected chi connectivity index (χ1v) is 3.85. The fraction of sp³-hybridized carbons (Fsp3) is 0.222. The second kappa shape index (κ2) is 4.15. The minimum Gasteiger partial charge on any atom is -0.479 e. The Morgan fingerprint density at radius 3 is 2.57 bits per heavy atom. The van der Waals surface area contributed by atoms with Crippen molar-refractivity contribution in [3.8, 4) is 0 Å². The second-order valence-corrected chi connectivity index (χ2v) is 2.79. The van der Waals surface area contributed by atoms with Crippen LogP contribution in [0, 0.1) is 11.6 Å². The third-order valence-electron chi connectivity index (χ3n) is 1.71. The first-order valence-electron chi connectivity index (χ1n) is 3.85. The van der Waals surface area contributed by atoms with Crippen LogP contribution in [0.25, 0.3) is 0 Å². The van der Waals surface area contributed by atoms with Crippen LogP contribution in [0.2, 0.25) is 0 Å². The van der Waals surface area contributed by atoms with E-state index in [-0.39, 0.29) is 12.0 Å². The zero-order valence-corrected chi connectivity index (χ0v) is 7.08. The minimum absolute atomic E-state index is 0.0266. The second-order valence-electron chi connectivity index (χ2n) is 2.79. The molecule has 1 aromatic rings.